The predicted molar refractivity (Wildman–Crippen MR) is 272 cm³/mol. The van der Waals surface area contributed by atoms with Crippen molar-refractivity contribution in [1.29, 1.82) is 0 Å². The summed E-state index contributed by atoms with van der Waals surface area (Å²) in [5, 5.41) is 57.7. The maximum absolute atomic E-state index is 11.0. The number of phenolic OH excluding ortho intramolecular Hbond substituents is 5. The summed E-state index contributed by atoms with van der Waals surface area (Å²) in [5.41, 5.74) is 17.0. The Morgan fingerprint density at radius 1 is 0.567 bits per heavy atom. The quantitative estimate of drug-likeness (QED) is 0.0508. The molecular formula is C58H41N3O5S. The molecule has 8 nitrogen and oxygen atoms in total. The van der Waals surface area contributed by atoms with Crippen molar-refractivity contribution in [2.24, 2.45) is 5.73 Å². The molecule has 2 aliphatic rings. The summed E-state index contributed by atoms with van der Waals surface area (Å²) in [5.74, 6) is -4.78. The van der Waals surface area contributed by atoms with Gasteiger partial charge >= 0.3 is 0 Å². The summed E-state index contributed by atoms with van der Waals surface area (Å²) in [7, 11) is 0. The van der Waals surface area contributed by atoms with Gasteiger partial charge in [-0.05, 0) is 83.3 Å². The molecule has 67 heavy (non-hydrogen) atoms. The number of thioether (sulfide) groups is 1. The summed E-state index contributed by atoms with van der Waals surface area (Å²) in [6.45, 7) is 0. The summed E-state index contributed by atoms with van der Waals surface area (Å²) >= 11 is 1.76. The number of phenols is 5. The molecule has 9 heteroatoms. The normalized spacial score (nSPS) is 15.8. The Hall–Kier alpha value is -8.53. The van der Waals surface area contributed by atoms with Gasteiger partial charge in [0.05, 0.1) is 27.6 Å². The van der Waals surface area contributed by atoms with Crippen molar-refractivity contribution >= 4 is 66.8 Å². The van der Waals surface area contributed by atoms with Crippen LogP contribution >= 0.6 is 11.8 Å². The number of para-hydroxylation sites is 3. The van der Waals surface area contributed by atoms with E-state index in [4.69, 9.17) is 5.73 Å². The number of benzene rings is 8. The molecule has 0 bridgehead atoms. The third-order valence-electron chi connectivity index (χ3n) is 13.4. The molecule has 1 atom stereocenters. The number of hydrogen-bond donors (Lipinski definition) is 6. The fraction of sp³-hybridized carbons (Fsp3) is 0.0345. The van der Waals surface area contributed by atoms with Crippen LogP contribution in [0.15, 0.2) is 204 Å². The number of aromatic hydroxyl groups is 5. The van der Waals surface area contributed by atoms with E-state index in [1.165, 1.54) is 4.91 Å². The molecule has 324 valence electrons. The Morgan fingerprint density at radius 3 is 1.79 bits per heavy atom. The molecule has 1 aliphatic carbocycles. The van der Waals surface area contributed by atoms with E-state index in [0.29, 0.717) is 12.1 Å². The fourth-order valence-corrected chi connectivity index (χ4v) is 11.6. The average Bonchev–Trinajstić information content (AvgIpc) is 4.11. The highest BCUT2D eigenvalue weighted by Crippen LogP contribution is 2.59. The van der Waals surface area contributed by atoms with Crippen molar-refractivity contribution in [3.05, 3.63) is 210 Å². The molecule has 8 aromatic carbocycles. The summed E-state index contributed by atoms with van der Waals surface area (Å²) in [6, 6.07) is 57.3. The Bertz CT molecular complexity index is 3740. The standard InChI is InChI=1S/C58H41N3O5S/c59-45(51-53(62)55(64)57(66)56(65)54(51)63)33-38(60-46-21-10-7-18-39(46)40-19-8-11-22-47(40)60)27-29-58-28-13-24-50(58)67-49-26-25-37(32-44(49)58)61-48-23-12-9-20-41(48)43-31-36(34-14-3-1-4-15-34)30-42(52(43)61)35-16-5-2-6-17-35/h1-28,30-33,62-66H,29,59H2/b38-27+,45-33-. The lowest BCUT2D eigenvalue weighted by Gasteiger charge is -2.26. The van der Waals surface area contributed by atoms with Crippen LogP contribution in [0.1, 0.15) is 17.5 Å². The van der Waals surface area contributed by atoms with Crippen LogP contribution in [-0.2, 0) is 5.41 Å². The lowest BCUT2D eigenvalue weighted by atomic mass is 9.78. The Kier molecular flexibility index (Phi) is 9.13. The molecule has 0 spiro atoms. The van der Waals surface area contributed by atoms with Gasteiger partial charge in [-0.2, -0.15) is 0 Å². The van der Waals surface area contributed by atoms with Crippen LogP contribution in [0.25, 0.3) is 82.9 Å². The SMILES string of the molecule is N/C(=C\C(=C/CC12C=CC=C1Sc1ccc(-n3c4ccccc4c4cc(-c5ccccc5)cc(-c5ccccc5)c43)cc12)n1c2ccccc2c2ccccc21)c1c(O)c(O)c(O)c(O)c1O. The third kappa shape index (κ3) is 6.09. The number of nitrogens with two attached hydrogens (primary N) is 1. The molecule has 10 aromatic rings. The van der Waals surface area contributed by atoms with Gasteiger partial charge in [-0.1, -0.05) is 151 Å². The number of aromatic nitrogens is 2. The van der Waals surface area contributed by atoms with Gasteiger partial charge in [0.15, 0.2) is 11.5 Å². The Morgan fingerprint density at radius 2 is 1.13 bits per heavy atom. The molecule has 0 saturated heterocycles. The molecule has 0 amide bonds. The highest BCUT2D eigenvalue weighted by molar-refractivity contribution is 8.03. The lowest BCUT2D eigenvalue weighted by molar-refractivity contribution is 0.327. The summed E-state index contributed by atoms with van der Waals surface area (Å²) in [6.07, 6.45) is 10.8. The smallest absolute Gasteiger partial charge is 0.208 e. The summed E-state index contributed by atoms with van der Waals surface area (Å²) in [4.78, 5) is 2.33. The first-order chi connectivity index (χ1) is 32.7. The van der Waals surface area contributed by atoms with E-state index < -0.39 is 39.7 Å². The molecule has 3 heterocycles. The highest BCUT2D eigenvalue weighted by atomic mass is 32.2. The minimum Gasteiger partial charge on any atom is -0.504 e. The first-order valence-corrected chi connectivity index (χ1v) is 22.8. The van der Waals surface area contributed by atoms with Crippen LogP contribution in [0.4, 0.5) is 0 Å². The van der Waals surface area contributed by atoms with E-state index in [9.17, 15) is 25.5 Å². The van der Waals surface area contributed by atoms with Crippen LogP contribution in [0.3, 0.4) is 0 Å². The molecule has 1 unspecified atom stereocenters. The number of allylic oxidation sites excluding steroid dienone is 7. The van der Waals surface area contributed by atoms with Crippen molar-refractivity contribution < 1.29 is 25.5 Å². The van der Waals surface area contributed by atoms with Crippen molar-refractivity contribution in [2.45, 2.75) is 16.7 Å². The van der Waals surface area contributed by atoms with Crippen molar-refractivity contribution in [1.82, 2.24) is 9.13 Å². The van der Waals surface area contributed by atoms with Crippen LogP contribution in [0.2, 0.25) is 0 Å². The number of hydrogen-bond acceptors (Lipinski definition) is 7. The molecule has 12 rings (SSSR count). The Balaban J connectivity index is 1.07. The topological polar surface area (TPSA) is 137 Å². The first-order valence-electron chi connectivity index (χ1n) is 22.0. The van der Waals surface area contributed by atoms with Gasteiger partial charge in [0, 0.05) is 59.4 Å². The van der Waals surface area contributed by atoms with E-state index in [2.05, 4.69) is 155 Å². The van der Waals surface area contributed by atoms with E-state index in [1.54, 1.807) is 17.8 Å². The van der Waals surface area contributed by atoms with Gasteiger partial charge in [-0.3, -0.25) is 0 Å². The second-order valence-electron chi connectivity index (χ2n) is 17.1. The van der Waals surface area contributed by atoms with Gasteiger partial charge in [0.25, 0.3) is 0 Å². The van der Waals surface area contributed by atoms with E-state index in [1.807, 2.05) is 42.5 Å². The fourth-order valence-electron chi connectivity index (χ4n) is 10.2. The zero-order chi connectivity index (χ0) is 45.6. The monoisotopic (exact) mass is 891 g/mol. The second-order valence-corrected chi connectivity index (χ2v) is 18.2. The zero-order valence-corrected chi connectivity index (χ0v) is 36.6. The minimum atomic E-state index is -1.05. The maximum Gasteiger partial charge on any atom is 0.208 e. The molecule has 2 aromatic heterocycles. The van der Waals surface area contributed by atoms with Crippen LogP contribution in [-0.4, -0.2) is 34.7 Å². The Labute approximate surface area is 389 Å². The molecular weight excluding hydrogens is 851 g/mol. The largest absolute Gasteiger partial charge is 0.504 e. The highest BCUT2D eigenvalue weighted by Gasteiger charge is 2.43. The summed E-state index contributed by atoms with van der Waals surface area (Å²) < 4.78 is 4.50. The van der Waals surface area contributed by atoms with Crippen molar-refractivity contribution in [3.63, 3.8) is 0 Å². The molecule has 0 saturated carbocycles. The average molecular weight is 892 g/mol. The van der Waals surface area contributed by atoms with Crippen LogP contribution in [0.5, 0.6) is 28.7 Å². The van der Waals surface area contributed by atoms with Gasteiger partial charge in [0.2, 0.25) is 17.2 Å². The van der Waals surface area contributed by atoms with Crippen molar-refractivity contribution in [2.75, 3.05) is 0 Å². The molecule has 1 aliphatic heterocycles. The van der Waals surface area contributed by atoms with Gasteiger partial charge < -0.3 is 40.4 Å². The van der Waals surface area contributed by atoms with Crippen LogP contribution in [0, 0.1) is 0 Å². The molecule has 7 N–H and O–H groups in total. The van der Waals surface area contributed by atoms with Crippen molar-refractivity contribution in [3.8, 4) is 56.7 Å². The second kappa shape index (κ2) is 15.3. The van der Waals surface area contributed by atoms with Gasteiger partial charge in [0.1, 0.15) is 0 Å². The van der Waals surface area contributed by atoms with Crippen LogP contribution < -0.4 is 5.73 Å². The lowest BCUT2D eigenvalue weighted by Crippen LogP contribution is -2.20. The van der Waals surface area contributed by atoms with Gasteiger partial charge in [-0.15, -0.1) is 0 Å². The number of rotatable bonds is 8. The van der Waals surface area contributed by atoms with E-state index in [-0.39, 0.29) is 5.70 Å². The van der Waals surface area contributed by atoms with E-state index in [0.717, 1.165) is 82.0 Å². The number of nitrogens with zero attached hydrogens (tertiary/aromatic N) is 2. The predicted octanol–water partition coefficient (Wildman–Crippen LogP) is 13.5. The minimum absolute atomic E-state index is 0.150. The molecule has 0 radical (unpaired) electrons. The third-order valence-corrected chi connectivity index (χ3v) is 14.7. The number of fused-ring (bicyclic) bond motifs is 9. The molecule has 0 fully saturated rings. The van der Waals surface area contributed by atoms with Gasteiger partial charge in [-0.25, -0.2) is 0 Å². The maximum atomic E-state index is 11.0. The zero-order valence-electron chi connectivity index (χ0n) is 35.8. The van der Waals surface area contributed by atoms with E-state index >= 15 is 0 Å². The first kappa shape index (κ1) is 40.0.